The van der Waals surface area contributed by atoms with Crippen LogP contribution in [0.25, 0.3) is 16.9 Å². The number of hydrogen-bond acceptors (Lipinski definition) is 10. The first-order valence-electron chi connectivity index (χ1n) is 8.82. The van der Waals surface area contributed by atoms with E-state index in [1.807, 2.05) is 25.1 Å². The molecule has 0 spiro atoms. The molecule has 3 heterocycles. The Labute approximate surface area is 184 Å². The fourth-order valence-electron chi connectivity index (χ4n) is 2.61. The van der Waals surface area contributed by atoms with E-state index in [2.05, 4.69) is 29.6 Å². The van der Waals surface area contributed by atoms with Crippen LogP contribution in [0.15, 0.2) is 28.7 Å². The minimum atomic E-state index is -1.36. The van der Waals surface area contributed by atoms with Gasteiger partial charge in [0.15, 0.2) is 22.9 Å². The van der Waals surface area contributed by atoms with Crippen molar-refractivity contribution in [1.29, 1.82) is 0 Å². The number of halogens is 1. The number of nitrogens with one attached hydrogen (secondary N) is 1. The molecular weight excluding hydrogens is 446 g/mol. The molecule has 0 unspecified atom stereocenters. The number of fused-ring (bicyclic) bond motifs is 2. The molecule has 0 saturated carbocycles. The third kappa shape index (κ3) is 4.79. The summed E-state index contributed by atoms with van der Waals surface area (Å²) in [5.41, 5.74) is 7.12. The van der Waals surface area contributed by atoms with E-state index in [-0.39, 0.29) is 17.3 Å². The molecule has 166 valence electrons. The van der Waals surface area contributed by atoms with Crippen molar-refractivity contribution < 1.29 is 28.6 Å². The number of aryl methyl sites for hydroxylation is 1. The highest BCUT2D eigenvalue weighted by molar-refractivity contribution is 6.13. The predicted molar refractivity (Wildman–Crippen MR) is 109 cm³/mol. The number of oxazole rings is 1. The van der Waals surface area contributed by atoms with Crippen LogP contribution in [0.5, 0.6) is 0 Å². The molecule has 4 rings (SSSR count). The molecule has 0 fully saturated rings. The molecule has 14 heteroatoms. The quantitative estimate of drug-likeness (QED) is 0.285. The number of nitrogens with two attached hydrogens (primary N) is 1. The van der Waals surface area contributed by atoms with Crippen molar-refractivity contribution in [3.63, 3.8) is 0 Å². The predicted octanol–water partition coefficient (Wildman–Crippen LogP) is 1.09. The largest absolute Gasteiger partial charge is 0.477 e. The molecule has 0 atom stereocenters. The smallest absolute Gasteiger partial charge is 0.356 e. The molecule has 0 saturated heterocycles. The van der Waals surface area contributed by atoms with E-state index in [0.717, 1.165) is 34.4 Å². The number of carbonyl (C=O) groups excluding carboxylic acids is 2. The SMILES string of the molecule is COC(=O)c1cc(C(=O)O)nc2nc(C(N)=O)nn12.Cc1nc2cc(CNCl)ccc2o1. The van der Waals surface area contributed by atoms with Gasteiger partial charge in [0.05, 0.1) is 7.11 Å². The second-order valence-corrected chi connectivity index (χ2v) is 6.45. The zero-order valence-corrected chi connectivity index (χ0v) is 17.5. The summed E-state index contributed by atoms with van der Waals surface area (Å²) in [5.74, 6) is -3.09. The minimum Gasteiger partial charge on any atom is -0.477 e. The Balaban J connectivity index is 0.000000193. The highest BCUT2D eigenvalue weighted by Crippen LogP contribution is 2.16. The van der Waals surface area contributed by atoms with Crippen molar-refractivity contribution >= 4 is 46.5 Å². The van der Waals surface area contributed by atoms with Crippen molar-refractivity contribution in [2.45, 2.75) is 13.5 Å². The zero-order valence-electron chi connectivity index (χ0n) is 16.7. The second-order valence-electron chi connectivity index (χ2n) is 6.18. The number of carboxylic acid groups (broad SMARTS) is 1. The highest BCUT2D eigenvalue weighted by atomic mass is 35.5. The molecule has 0 aliphatic rings. The number of primary amides is 1. The van der Waals surface area contributed by atoms with Gasteiger partial charge >= 0.3 is 11.9 Å². The first-order valence-corrected chi connectivity index (χ1v) is 9.20. The Bertz CT molecular complexity index is 1330. The number of carbonyl (C=O) groups is 3. The van der Waals surface area contributed by atoms with E-state index in [0.29, 0.717) is 12.4 Å². The Morgan fingerprint density at radius 2 is 2.00 bits per heavy atom. The first kappa shape index (κ1) is 22.6. The van der Waals surface area contributed by atoms with Gasteiger partial charge < -0.3 is 20.0 Å². The van der Waals surface area contributed by atoms with Crippen LogP contribution in [-0.4, -0.2) is 54.6 Å². The van der Waals surface area contributed by atoms with Gasteiger partial charge in [0, 0.05) is 19.5 Å². The lowest BCUT2D eigenvalue weighted by Gasteiger charge is -2.02. The lowest BCUT2D eigenvalue weighted by molar-refractivity contribution is 0.0590. The van der Waals surface area contributed by atoms with E-state index >= 15 is 0 Å². The maximum Gasteiger partial charge on any atom is 0.356 e. The maximum absolute atomic E-state index is 11.5. The van der Waals surface area contributed by atoms with E-state index in [1.54, 1.807) is 0 Å². The molecule has 0 aliphatic heterocycles. The summed E-state index contributed by atoms with van der Waals surface area (Å²) in [6, 6.07) is 6.78. The Morgan fingerprint density at radius 1 is 1.25 bits per heavy atom. The summed E-state index contributed by atoms with van der Waals surface area (Å²) in [4.78, 5) is 47.4. The van der Waals surface area contributed by atoms with E-state index < -0.39 is 23.5 Å². The van der Waals surface area contributed by atoms with E-state index in [9.17, 15) is 14.4 Å². The summed E-state index contributed by atoms with van der Waals surface area (Å²) in [7, 11) is 1.11. The topological polar surface area (TPSA) is 188 Å². The van der Waals surface area contributed by atoms with Gasteiger partial charge in [0.25, 0.3) is 11.7 Å². The lowest BCUT2D eigenvalue weighted by atomic mass is 10.2. The monoisotopic (exact) mass is 461 g/mol. The van der Waals surface area contributed by atoms with Gasteiger partial charge in [0.2, 0.25) is 5.82 Å². The Kier molecular flexibility index (Phi) is 6.61. The van der Waals surface area contributed by atoms with Crippen LogP contribution in [-0.2, 0) is 11.3 Å². The summed E-state index contributed by atoms with van der Waals surface area (Å²) >= 11 is 5.40. The summed E-state index contributed by atoms with van der Waals surface area (Å²) in [5, 5.41) is 12.5. The summed E-state index contributed by atoms with van der Waals surface area (Å²) < 4.78 is 10.7. The zero-order chi connectivity index (χ0) is 23.4. The molecule has 0 bridgehead atoms. The number of hydrogen-bond donors (Lipinski definition) is 3. The number of methoxy groups -OCH3 is 1. The number of aromatic carboxylic acids is 1. The molecule has 13 nitrogen and oxygen atoms in total. The average molecular weight is 462 g/mol. The van der Waals surface area contributed by atoms with E-state index in [1.165, 1.54) is 0 Å². The van der Waals surface area contributed by atoms with Crippen LogP contribution >= 0.6 is 11.8 Å². The molecular formula is C18H16ClN7O6. The van der Waals surface area contributed by atoms with Gasteiger partial charge in [-0.3, -0.25) is 4.79 Å². The van der Waals surface area contributed by atoms with Crippen molar-refractivity contribution in [2.24, 2.45) is 5.73 Å². The molecule has 1 amide bonds. The van der Waals surface area contributed by atoms with Crippen LogP contribution in [0, 0.1) is 6.92 Å². The third-order valence-electron chi connectivity index (χ3n) is 3.98. The molecule has 0 aliphatic carbocycles. The fraction of sp³-hybridized carbons (Fsp3) is 0.167. The number of nitrogens with zero attached hydrogens (tertiary/aromatic N) is 5. The van der Waals surface area contributed by atoms with Gasteiger partial charge in [-0.15, -0.1) is 5.10 Å². The third-order valence-corrected chi connectivity index (χ3v) is 4.11. The Hall–Kier alpha value is -4.10. The van der Waals surface area contributed by atoms with E-state index in [4.69, 9.17) is 27.0 Å². The molecule has 32 heavy (non-hydrogen) atoms. The van der Waals surface area contributed by atoms with Gasteiger partial charge in [0.1, 0.15) is 5.52 Å². The van der Waals surface area contributed by atoms with Gasteiger partial charge in [-0.25, -0.2) is 24.4 Å². The number of aromatic nitrogens is 5. The van der Waals surface area contributed by atoms with Crippen LogP contribution < -0.4 is 10.6 Å². The minimum absolute atomic E-state index is 0.232. The number of rotatable bonds is 5. The summed E-state index contributed by atoms with van der Waals surface area (Å²) in [6.07, 6.45) is 0. The number of benzene rings is 1. The number of ether oxygens (including phenoxy) is 1. The van der Waals surface area contributed by atoms with Crippen molar-refractivity contribution in [1.82, 2.24) is 29.4 Å². The highest BCUT2D eigenvalue weighted by Gasteiger charge is 2.21. The van der Waals surface area contributed by atoms with Crippen molar-refractivity contribution in [3.05, 3.63) is 52.9 Å². The molecule has 0 radical (unpaired) electrons. The standard InChI is InChI=1S/C9H9ClN2O.C9H7N5O5/c1-6-12-8-4-7(5-11-10)2-3-9(8)13-6;1-19-8(18)4-2-3(7(16)17)11-9-12-6(5(10)15)13-14(4)9/h2-4,11H,5H2,1H3;2H,1H3,(H2,10,15)(H,16,17). The maximum atomic E-state index is 11.5. The average Bonchev–Trinajstić information content (AvgIpc) is 3.35. The molecule has 4 aromatic rings. The first-order chi connectivity index (χ1) is 15.2. The molecule has 3 aromatic heterocycles. The number of carboxylic acids is 1. The Morgan fingerprint density at radius 3 is 2.62 bits per heavy atom. The number of amides is 1. The molecule has 1 aromatic carbocycles. The van der Waals surface area contributed by atoms with Crippen molar-refractivity contribution in [3.8, 4) is 0 Å². The second kappa shape index (κ2) is 9.36. The van der Waals surface area contributed by atoms with Crippen LogP contribution in [0.2, 0.25) is 0 Å². The normalized spacial score (nSPS) is 10.6. The van der Waals surface area contributed by atoms with Crippen molar-refractivity contribution in [2.75, 3.05) is 7.11 Å². The number of esters is 1. The van der Waals surface area contributed by atoms with Gasteiger partial charge in [-0.05, 0) is 29.5 Å². The van der Waals surface area contributed by atoms with Crippen LogP contribution in [0.3, 0.4) is 0 Å². The summed E-state index contributed by atoms with van der Waals surface area (Å²) in [6.45, 7) is 2.46. The van der Waals surface area contributed by atoms with Gasteiger partial charge in [-0.1, -0.05) is 6.07 Å². The van der Waals surface area contributed by atoms with Gasteiger partial charge in [-0.2, -0.15) is 9.50 Å². The van der Waals surface area contributed by atoms with Crippen LogP contribution in [0.4, 0.5) is 0 Å². The van der Waals surface area contributed by atoms with Crippen LogP contribution in [0.1, 0.15) is 43.1 Å². The fourth-order valence-corrected chi connectivity index (χ4v) is 2.76. The molecule has 4 N–H and O–H groups in total. The lowest BCUT2D eigenvalue weighted by Crippen LogP contribution is -2.15.